The fourth-order valence-corrected chi connectivity index (χ4v) is 4.09. The zero-order valence-electron chi connectivity index (χ0n) is 16.7. The minimum atomic E-state index is -0.905. The Bertz CT molecular complexity index is 769. The van der Waals surface area contributed by atoms with E-state index in [1.165, 1.54) is 0 Å². The average molecular weight is 528 g/mol. The summed E-state index contributed by atoms with van der Waals surface area (Å²) in [5.41, 5.74) is 1.11. The monoisotopic (exact) mass is 528 g/mol. The van der Waals surface area contributed by atoms with Crippen molar-refractivity contribution in [2.75, 3.05) is 49.9 Å². The van der Waals surface area contributed by atoms with Gasteiger partial charge in [0.1, 0.15) is 0 Å². The summed E-state index contributed by atoms with van der Waals surface area (Å²) in [4.78, 5) is 17.8. The van der Waals surface area contributed by atoms with Crippen LogP contribution in [-0.4, -0.2) is 70.1 Å². The normalized spacial score (nSPS) is 15.6. The molecule has 1 aliphatic rings. The zero-order valence-corrected chi connectivity index (χ0v) is 19.9. The smallest absolute Gasteiger partial charge is 0.225 e. The third-order valence-corrected chi connectivity index (χ3v) is 5.79. The SMILES string of the molecule is CCNC(=NCCS(=O)Cc1ccccc1)N1CCN(c2ncccn2)CC1.I. The quantitative estimate of drug-likeness (QED) is 0.337. The molecule has 7 nitrogen and oxygen atoms in total. The second kappa shape index (κ2) is 12.7. The Hall–Kier alpha value is -1.75. The molecule has 0 spiro atoms. The maximum absolute atomic E-state index is 12.3. The number of halogens is 1. The standard InChI is InChI=1S/C20H28N6OS.HI/c1-2-21-19(24-11-16-28(27)17-18-7-4-3-5-8-18)25-12-14-26(15-13-25)20-22-9-6-10-23-20;/h3-10H,2,11-17H2,1H3,(H,21,24);1H. The number of benzene rings is 1. The average Bonchev–Trinajstić information content (AvgIpc) is 2.75. The van der Waals surface area contributed by atoms with Gasteiger partial charge in [-0.2, -0.15) is 0 Å². The van der Waals surface area contributed by atoms with Crippen molar-refractivity contribution in [3.8, 4) is 0 Å². The van der Waals surface area contributed by atoms with Crippen molar-refractivity contribution in [2.45, 2.75) is 12.7 Å². The molecule has 3 rings (SSSR count). The molecular formula is C20H29IN6OS. The Balaban J connectivity index is 0.00000300. The first-order chi connectivity index (χ1) is 13.8. The second-order valence-corrected chi connectivity index (χ2v) is 8.11. The lowest BCUT2D eigenvalue weighted by molar-refractivity contribution is 0.370. The van der Waals surface area contributed by atoms with E-state index in [9.17, 15) is 4.21 Å². The highest BCUT2D eigenvalue weighted by atomic mass is 127. The molecule has 1 fully saturated rings. The number of hydrogen-bond acceptors (Lipinski definition) is 5. The van der Waals surface area contributed by atoms with Gasteiger partial charge in [-0.1, -0.05) is 30.3 Å². The maximum atomic E-state index is 12.3. The van der Waals surface area contributed by atoms with Crippen LogP contribution in [0.15, 0.2) is 53.8 Å². The molecule has 2 aromatic rings. The third kappa shape index (κ3) is 7.54. The van der Waals surface area contributed by atoms with E-state index >= 15 is 0 Å². The Morgan fingerprint density at radius 3 is 2.45 bits per heavy atom. The first kappa shape index (κ1) is 23.5. The first-order valence-corrected chi connectivity index (χ1v) is 11.2. The van der Waals surface area contributed by atoms with E-state index < -0.39 is 10.8 Å². The van der Waals surface area contributed by atoms with Crippen LogP contribution in [0.1, 0.15) is 12.5 Å². The van der Waals surface area contributed by atoms with Crippen LogP contribution in [0, 0.1) is 0 Å². The Morgan fingerprint density at radius 2 is 1.79 bits per heavy atom. The lowest BCUT2D eigenvalue weighted by Gasteiger charge is -2.36. The topological polar surface area (TPSA) is 73.7 Å². The highest BCUT2D eigenvalue weighted by molar-refractivity contribution is 14.0. The van der Waals surface area contributed by atoms with Crippen molar-refractivity contribution in [1.82, 2.24) is 20.2 Å². The fourth-order valence-electron chi connectivity index (χ4n) is 3.08. The van der Waals surface area contributed by atoms with Gasteiger partial charge in [-0.25, -0.2) is 9.97 Å². The Morgan fingerprint density at radius 1 is 1.10 bits per heavy atom. The minimum absolute atomic E-state index is 0. The van der Waals surface area contributed by atoms with Crippen molar-refractivity contribution in [3.63, 3.8) is 0 Å². The summed E-state index contributed by atoms with van der Waals surface area (Å²) >= 11 is 0. The van der Waals surface area contributed by atoms with Gasteiger partial charge in [-0.15, -0.1) is 24.0 Å². The third-order valence-electron chi connectivity index (χ3n) is 4.50. The van der Waals surface area contributed by atoms with E-state index in [0.717, 1.165) is 50.2 Å². The van der Waals surface area contributed by atoms with Crippen LogP contribution in [0.25, 0.3) is 0 Å². The molecule has 0 aliphatic carbocycles. The summed E-state index contributed by atoms with van der Waals surface area (Å²) in [5, 5.41) is 3.36. The van der Waals surface area contributed by atoms with Crippen molar-refractivity contribution in [3.05, 3.63) is 54.4 Å². The molecule has 158 valence electrons. The van der Waals surface area contributed by atoms with Gasteiger partial charge < -0.3 is 15.1 Å². The number of aromatic nitrogens is 2. The fraction of sp³-hybridized carbons (Fsp3) is 0.450. The number of aliphatic imine (C=N–C) groups is 1. The lowest BCUT2D eigenvalue weighted by atomic mass is 10.2. The van der Waals surface area contributed by atoms with Crippen LogP contribution in [0.3, 0.4) is 0 Å². The number of hydrogen-bond donors (Lipinski definition) is 1. The van der Waals surface area contributed by atoms with E-state index in [1.807, 2.05) is 36.4 Å². The van der Waals surface area contributed by atoms with Gasteiger partial charge in [-0.05, 0) is 18.6 Å². The molecule has 0 saturated carbocycles. The molecule has 1 N–H and O–H groups in total. The van der Waals surface area contributed by atoms with E-state index in [2.05, 4.69) is 32.0 Å². The summed E-state index contributed by atoms with van der Waals surface area (Å²) in [6.45, 7) is 6.87. The molecule has 1 aromatic heterocycles. The van der Waals surface area contributed by atoms with Gasteiger partial charge >= 0.3 is 0 Å². The van der Waals surface area contributed by atoms with E-state index in [0.29, 0.717) is 18.1 Å². The Kier molecular flexibility index (Phi) is 10.3. The van der Waals surface area contributed by atoms with Gasteiger partial charge in [0.2, 0.25) is 5.95 Å². The molecule has 1 unspecified atom stereocenters. The number of nitrogens with one attached hydrogen (secondary N) is 1. The lowest BCUT2D eigenvalue weighted by Crippen LogP contribution is -2.53. The van der Waals surface area contributed by atoms with E-state index in [1.54, 1.807) is 12.4 Å². The first-order valence-electron chi connectivity index (χ1n) is 9.70. The van der Waals surface area contributed by atoms with Crippen LogP contribution in [0.2, 0.25) is 0 Å². The van der Waals surface area contributed by atoms with Gasteiger partial charge in [0.15, 0.2) is 5.96 Å². The van der Waals surface area contributed by atoms with E-state index in [4.69, 9.17) is 4.99 Å². The van der Waals surface area contributed by atoms with Crippen LogP contribution in [0.5, 0.6) is 0 Å². The number of rotatable bonds is 7. The molecule has 1 atom stereocenters. The number of guanidine groups is 1. The molecule has 0 amide bonds. The highest BCUT2D eigenvalue weighted by Crippen LogP contribution is 2.10. The molecule has 0 radical (unpaired) electrons. The summed E-state index contributed by atoms with van der Waals surface area (Å²) in [7, 11) is -0.905. The molecule has 0 bridgehead atoms. The molecule has 9 heteroatoms. The molecule has 1 aliphatic heterocycles. The molecule has 1 saturated heterocycles. The van der Waals surface area contributed by atoms with Gasteiger partial charge in [-0.3, -0.25) is 9.20 Å². The molecule has 29 heavy (non-hydrogen) atoms. The second-order valence-electron chi connectivity index (χ2n) is 6.53. The predicted molar refractivity (Wildman–Crippen MR) is 130 cm³/mol. The van der Waals surface area contributed by atoms with Crippen molar-refractivity contribution >= 4 is 46.7 Å². The number of nitrogens with zero attached hydrogens (tertiary/aromatic N) is 5. The predicted octanol–water partition coefficient (Wildman–Crippen LogP) is 2.13. The van der Waals surface area contributed by atoms with Crippen molar-refractivity contribution < 1.29 is 4.21 Å². The van der Waals surface area contributed by atoms with Crippen LogP contribution >= 0.6 is 24.0 Å². The van der Waals surface area contributed by atoms with Crippen LogP contribution in [0.4, 0.5) is 5.95 Å². The van der Waals surface area contributed by atoms with Gasteiger partial charge in [0.05, 0.1) is 6.54 Å². The maximum Gasteiger partial charge on any atom is 0.225 e. The van der Waals surface area contributed by atoms with E-state index in [-0.39, 0.29) is 24.0 Å². The summed E-state index contributed by atoms with van der Waals surface area (Å²) in [6.07, 6.45) is 3.55. The van der Waals surface area contributed by atoms with Crippen LogP contribution < -0.4 is 10.2 Å². The molecule has 1 aromatic carbocycles. The zero-order chi connectivity index (χ0) is 19.6. The van der Waals surface area contributed by atoms with Gasteiger partial charge in [0.25, 0.3) is 0 Å². The number of piperazine rings is 1. The summed E-state index contributed by atoms with van der Waals surface area (Å²) < 4.78 is 12.3. The summed E-state index contributed by atoms with van der Waals surface area (Å²) in [6, 6.07) is 11.8. The van der Waals surface area contributed by atoms with Crippen molar-refractivity contribution in [2.24, 2.45) is 4.99 Å². The molecule has 2 heterocycles. The van der Waals surface area contributed by atoms with Crippen molar-refractivity contribution in [1.29, 1.82) is 0 Å². The largest absolute Gasteiger partial charge is 0.357 e. The van der Waals surface area contributed by atoms with Gasteiger partial charge in [0, 0.05) is 67.4 Å². The highest BCUT2D eigenvalue weighted by Gasteiger charge is 2.21. The number of anilines is 1. The Labute approximate surface area is 192 Å². The summed E-state index contributed by atoms with van der Waals surface area (Å²) in [5.74, 6) is 2.83. The molecular weight excluding hydrogens is 499 g/mol. The minimum Gasteiger partial charge on any atom is -0.357 e. The van der Waals surface area contributed by atoms with Crippen LogP contribution in [-0.2, 0) is 16.6 Å².